The summed E-state index contributed by atoms with van der Waals surface area (Å²) in [4.78, 5) is 15.1. The molecule has 3 aromatic rings. The number of aryl methyl sites for hydroxylation is 1. The lowest BCUT2D eigenvalue weighted by atomic mass is 10.0. The molecule has 7 nitrogen and oxygen atoms in total. The van der Waals surface area contributed by atoms with E-state index in [-0.39, 0.29) is 11.9 Å². The number of likely N-dealkylation sites (N-methyl/N-ethyl adjacent to an activating group) is 1. The van der Waals surface area contributed by atoms with Crippen molar-refractivity contribution in [3.8, 4) is 17.2 Å². The van der Waals surface area contributed by atoms with Crippen molar-refractivity contribution in [3.63, 3.8) is 0 Å². The summed E-state index contributed by atoms with van der Waals surface area (Å²) in [5.41, 5.74) is 2.72. The van der Waals surface area contributed by atoms with E-state index in [2.05, 4.69) is 33.1 Å². The monoisotopic (exact) mass is 411 g/mol. The first-order valence-corrected chi connectivity index (χ1v) is 9.70. The van der Waals surface area contributed by atoms with Crippen molar-refractivity contribution in [2.24, 2.45) is 7.05 Å². The average Bonchev–Trinajstić information content (AvgIpc) is 3.08. The highest BCUT2D eigenvalue weighted by molar-refractivity contribution is 5.98. The van der Waals surface area contributed by atoms with Gasteiger partial charge in [0.25, 0.3) is 5.91 Å². The molecule has 0 saturated carbocycles. The number of nitrogens with zero attached hydrogens (tertiary/aromatic N) is 2. The van der Waals surface area contributed by atoms with Crippen LogP contribution in [0.2, 0.25) is 0 Å². The Kier molecular flexibility index (Phi) is 6.52. The third-order valence-corrected chi connectivity index (χ3v) is 5.31. The zero-order valence-corrected chi connectivity index (χ0v) is 18.4. The summed E-state index contributed by atoms with van der Waals surface area (Å²) >= 11 is 0. The van der Waals surface area contributed by atoms with E-state index in [1.165, 1.54) is 19.6 Å². The van der Waals surface area contributed by atoms with E-state index in [1.54, 1.807) is 19.2 Å². The first-order valence-electron chi connectivity index (χ1n) is 9.70. The number of hydrogen-bond acceptors (Lipinski definition) is 5. The quantitative estimate of drug-likeness (QED) is 0.617. The van der Waals surface area contributed by atoms with Gasteiger partial charge in [0, 0.05) is 30.7 Å². The van der Waals surface area contributed by atoms with Gasteiger partial charge in [-0.2, -0.15) is 0 Å². The zero-order valence-electron chi connectivity index (χ0n) is 18.4. The average molecular weight is 412 g/mol. The van der Waals surface area contributed by atoms with Crippen LogP contribution in [0.1, 0.15) is 22.0 Å². The molecule has 0 fully saturated rings. The molecule has 2 aromatic carbocycles. The molecule has 0 aliphatic heterocycles. The maximum atomic E-state index is 13.0. The molecule has 1 amide bonds. The third-order valence-electron chi connectivity index (χ3n) is 5.31. The Labute approximate surface area is 177 Å². The Morgan fingerprint density at radius 3 is 2.37 bits per heavy atom. The second-order valence-electron chi connectivity index (χ2n) is 7.28. The van der Waals surface area contributed by atoms with Crippen molar-refractivity contribution in [3.05, 3.63) is 53.7 Å². The van der Waals surface area contributed by atoms with Crippen molar-refractivity contribution in [1.82, 2.24) is 14.8 Å². The van der Waals surface area contributed by atoms with Crippen LogP contribution in [0.4, 0.5) is 0 Å². The van der Waals surface area contributed by atoms with Crippen LogP contribution in [0.25, 0.3) is 10.9 Å². The van der Waals surface area contributed by atoms with Gasteiger partial charge in [-0.05, 0) is 37.9 Å². The van der Waals surface area contributed by atoms with Gasteiger partial charge in [0.2, 0.25) is 5.75 Å². The molecule has 3 rings (SSSR count). The normalized spacial score (nSPS) is 12.1. The molecule has 0 bridgehead atoms. The van der Waals surface area contributed by atoms with Crippen LogP contribution in [-0.4, -0.2) is 57.3 Å². The maximum Gasteiger partial charge on any atom is 0.255 e. The number of methoxy groups -OCH3 is 3. The van der Waals surface area contributed by atoms with E-state index in [0.29, 0.717) is 29.4 Å². The SMILES string of the molecule is COc1ccc(C(=O)NCC(c2cn(C)c3ccccc23)N(C)C)c(OC)c1OC. The molecule has 0 aliphatic carbocycles. The molecular weight excluding hydrogens is 382 g/mol. The Hall–Kier alpha value is -3.19. The topological polar surface area (TPSA) is 65.0 Å². The van der Waals surface area contributed by atoms with Crippen LogP contribution in [0, 0.1) is 0 Å². The van der Waals surface area contributed by atoms with Crippen LogP contribution < -0.4 is 19.5 Å². The smallest absolute Gasteiger partial charge is 0.255 e. The summed E-state index contributed by atoms with van der Waals surface area (Å²) in [6, 6.07) is 11.7. The highest BCUT2D eigenvalue weighted by Crippen LogP contribution is 2.39. The van der Waals surface area contributed by atoms with E-state index in [0.717, 1.165) is 11.1 Å². The minimum absolute atomic E-state index is 0.00573. The Morgan fingerprint density at radius 2 is 1.73 bits per heavy atom. The number of rotatable bonds is 8. The second kappa shape index (κ2) is 9.09. The van der Waals surface area contributed by atoms with E-state index < -0.39 is 0 Å². The van der Waals surface area contributed by atoms with E-state index >= 15 is 0 Å². The molecule has 1 N–H and O–H groups in total. The summed E-state index contributed by atoms with van der Waals surface area (Å²) in [5.74, 6) is 1.01. The molecule has 0 spiro atoms. The number of amides is 1. The molecular formula is C23H29N3O4. The van der Waals surface area contributed by atoms with Gasteiger partial charge in [-0.25, -0.2) is 0 Å². The standard InChI is InChI=1S/C23H29N3O4/c1-25(2)19(17-14-26(3)18-10-8-7-9-15(17)18)13-24-23(27)16-11-12-20(28-4)22(30-6)21(16)29-5/h7-12,14,19H,13H2,1-6H3,(H,24,27). The molecule has 0 saturated heterocycles. The van der Waals surface area contributed by atoms with Crippen LogP contribution in [0.3, 0.4) is 0 Å². The van der Waals surface area contributed by atoms with Crippen molar-refractivity contribution < 1.29 is 19.0 Å². The summed E-state index contributed by atoms with van der Waals surface area (Å²) < 4.78 is 18.3. The highest BCUT2D eigenvalue weighted by atomic mass is 16.5. The van der Waals surface area contributed by atoms with Crippen LogP contribution in [-0.2, 0) is 7.05 Å². The second-order valence-corrected chi connectivity index (χ2v) is 7.28. The molecule has 1 heterocycles. The Bertz CT molecular complexity index is 1040. The summed E-state index contributed by atoms with van der Waals surface area (Å²) in [6.07, 6.45) is 2.12. The molecule has 1 unspecified atom stereocenters. The van der Waals surface area contributed by atoms with E-state index in [4.69, 9.17) is 14.2 Å². The summed E-state index contributed by atoms with van der Waals surface area (Å²) in [5, 5.41) is 4.23. The van der Waals surface area contributed by atoms with Crippen molar-refractivity contribution in [2.45, 2.75) is 6.04 Å². The van der Waals surface area contributed by atoms with Crippen molar-refractivity contribution in [2.75, 3.05) is 42.0 Å². The predicted octanol–water partition coefficient (Wildman–Crippen LogP) is 3.24. The number of hydrogen-bond donors (Lipinski definition) is 1. The van der Waals surface area contributed by atoms with Crippen LogP contribution >= 0.6 is 0 Å². The lowest BCUT2D eigenvalue weighted by molar-refractivity contribution is 0.0938. The fourth-order valence-electron chi connectivity index (χ4n) is 3.77. The van der Waals surface area contributed by atoms with Crippen molar-refractivity contribution in [1.29, 1.82) is 0 Å². The number of nitrogens with one attached hydrogen (secondary N) is 1. The van der Waals surface area contributed by atoms with Gasteiger partial charge < -0.3 is 29.0 Å². The van der Waals surface area contributed by atoms with Gasteiger partial charge in [0.1, 0.15) is 0 Å². The number of carbonyl (C=O) groups is 1. The van der Waals surface area contributed by atoms with Crippen LogP contribution in [0.15, 0.2) is 42.6 Å². The third kappa shape index (κ3) is 3.93. The highest BCUT2D eigenvalue weighted by Gasteiger charge is 2.23. The number of fused-ring (bicyclic) bond motifs is 1. The number of para-hydroxylation sites is 1. The van der Waals surface area contributed by atoms with Gasteiger partial charge in [0.15, 0.2) is 11.5 Å². The summed E-state index contributed by atoms with van der Waals surface area (Å²) in [7, 11) is 10.6. The van der Waals surface area contributed by atoms with Gasteiger partial charge in [-0.15, -0.1) is 0 Å². The Balaban J connectivity index is 1.88. The van der Waals surface area contributed by atoms with Gasteiger partial charge >= 0.3 is 0 Å². The molecule has 30 heavy (non-hydrogen) atoms. The molecule has 7 heteroatoms. The number of aromatic nitrogens is 1. The first kappa shape index (κ1) is 21.5. The fourth-order valence-corrected chi connectivity index (χ4v) is 3.77. The molecule has 160 valence electrons. The minimum atomic E-state index is -0.236. The van der Waals surface area contributed by atoms with Gasteiger partial charge in [0.05, 0.1) is 32.9 Å². The number of benzene rings is 2. The molecule has 0 radical (unpaired) electrons. The van der Waals surface area contributed by atoms with Gasteiger partial charge in [-0.3, -0.25) is 4.79 Å². The predicted molar refractivity (Wildman–Crippen MR) is 118 cm³/mol. The minimum Gasteiger partial charge on any atom is -0.493 e. The van der Waals surface area contributed by atoms with Crippen LogP contribution in [0.5, 0.6) is 17.2 Å². The number of ether oxygens (including phenoxy) is 3. The lowest BCUT2D eigenvalue weighted by Crippen LogP contribution is -2.34. The molecule has 0 aliphatic rings. The largest absolute Gasteiger partial charge is 0.493 e. The zero-order chi connectivity index (χ0) is 21.8. The lowest BCUT2D eigenvalue weighted by Gasteiger charge is -2.25. The maximum absolute atomic E-state index is 13.0. The molecule has 1 aromatic heterocycles. The number of carbonyl (C=O) groups excluding carboxylic acids is 1. The van der Waals surface area contributed by atoms with Gasteiger partial charge in [-0.1, -0.05) is 18.2 Å². The molecule has 1 atom stereocenters. The van der Waals surface area contributed by atoms with Crippen molar-refractivity contribution >= 4 is 16.8 Å². The fraction of sp³-hybridized carbons (Fsp3) is 0.348. The van der Waals surface area contributed by atoms with E-state index in [9.17, 15) is 4.79 Å². The Morgan fingerprint density at radius 1 is 1.03 bits per heavy atom. The first-order chi connectivity index (χ1) is 14.4. The van der Waals surface area contributed by atoms with E-state index in [1.807, 2.05) is 33.3 Å². The summed E-state index contributed by atoms with van der Waals surface area (Å²) in [6.45, 7) is 0.442.